The van der Waals surface area contributed by atoms with Gasteiger partial charge in [-0.15, -0.1) is 0 Å². The molecule has 1 heterocycles. The van der Waals surface area contributed by atoms with E-state index in [0.29, 0.717) is 0 Å². The van der Waals surface area contributed by atoms with Gasteiger partial charge in [0.2, 0.25) is 0 Å². The van der Waals surface area contributed by atoms with Gasteiger partial charge in [-0.2, -0.15) is 0 Å². The molecule has 0 saturated carbocycles. The second kappa shape index (κ2) is 3.25. The zero-order valence-corrected chi connectivity index (χ0v) is 6.97. The molecule has 1 rings (SSSR count). The Morgan fingerprint density at radius 2 is 2.17 bits per heavy atom. The largest absolute Gasteiger partial charge is 0.349 e. The van der Waals surface area contributed by atoms with Crippen molar-refractivity contribution in [3.63, 3.8) is 0 Å². The van der Waals surface area contributed by atoms with Gasteiger partial charge >= 0.3 is 0 Å². The van der Waals surface area contributed by atoms with E-state index >= 15 is 0 Å². The zero-order valence-electron chi connectivity index (χ0n) is 6.97. The van der Waals surface area contributed by atoms with Crippen LogP contribution in [0.3, 0.4) is 0 Å². The molecule has 1 aromatic rings. The maximum atomic E-state index is 11.2. The smallest absolute Gasteiger partial charge is 0.269 e. The SMILES string of the molecule is CC(C)NC(=O)c1cc(=O)[nH][nH]1. The standard InChI is InChI=1S/C7H11N3O2/c1-4(2)8-7(12)5-3-6(11)10-9-5/h3-4H,1-2H3,(H,8,12)(H2,9,10,11). The van der Waals surface area contributed by atoms with Crippen LogP contribution in [-0.2, 0) is 0 Å². The average molecular weight is 169 g/mol. The van der Waals surface area contributed by atoms with E-state index < -0.39 is 0 Å². The molecular formula is C7H11N3O2. The van der Waals surface area contributed by atoms with E-state index in [9.17, 15) is 9.59 Å². The van der Waals surface area contributed by atoms with Crippen molar-refractivity contribution in [2.24, 2.45) is 0 Å². The van der Waals surface area contributed by atoms with Crippen molar-refractivity contribution in [2.75, 3.05) is 0 Å². The van der Waals surface area contributed by atoms with Crippen molar-refractivity contribution in [1.29, 1.82) is 0 Å². The monoisotopic (exact) mass is 169 g/mol. The first-order valence-corrected chi connectivity index (χ1v) is 3.68. The Bertz CT molecular complexity index is 323. The molecule has 0 spiro atoms. The summed E-state index contributed by atoms with van der Waals surface area (Å²) in [7, 11) is 0. The Balaban J connectivity index is 2.72. The van der Waals surface area contributed by atoms with E-state index in [1.807, 2.05) is 13.8 Å². The van der Waals surface area contributed by atoms with E-state index in [1.165, 1.54) is 6.07 Å². The molecule has 1 amide bonds. The molecule has 0 radical (unpaired) electrons. The lowest BCUT2D eigenvalue weighted by Gasteiger charge is -2.05. The van der Waals surface area contributed by atoms with Gasteiger partial charge in [0.05, 0.1) is 0 Å². The van der Waals surface area contributed by atoms with Crippen LogP contribution < -0.4 is 10.9 Å². The predicted molar refractivity (Wildman–Crippen MR) is 44.0 cm³/mol. The van der Waals surface area contributed by atoms with Gasteiger partial charge in [-0.25, -0.2) is 0 Å². The third kappa shape index (κ3) is 1.98. The number of carbonyl (C=O) groups is 1. The second-order valence-electron chi connectivity index (χ2n) is 2.80. The second-order valence-corrected chi connectivity index (χ2v) is 2.80. The molecule has 0 bridgehead atoms. The van der Waals surface area contributed by atoms with Crippen LogP contribution >= 0.6 is 0 Å². The highest BCUT2D eigenvalue weighted by molar-refractivity contribution is 5.92. The molecule has 0 fully saturated rings. The summed E-state index contributed by atoms with van der Waals surface area (Å²) in [6, 6.07) is 1.29. The summed E-state index contributed by atoms with van der Waals surface area (Å²) in [5.74, 6) is -0.275. The quantitative estimate of drug-likeness (QED) is 0.575. The molecule has 0 atom stereocenters. The van der Waals surface area contributed by atoms with E-state index in [-0.39, 0.29) is 23.2 Å². The normalized spacial score (nSPS) is 10.2. The van der Waals surface area contributed by atoms with E-state index in [4.69, 9.17) is 0 Å². The lowest BCUT2D eigenvalue weighted by Crippen LogP contribution is -2.30. The lowest BCUT2D eigenvalue weighted by atomic mass is 10.3. The summed E-state index contributed by atoms with van der Waals surface area (Å²) in [6.45, 7) is 3.70. The van der Waals surface area contributed by atoms with Gasteiger partial charge in [0.25, 0.3) is 11.5 Å². The highest BCUT2D eigenvalue weighted by Gasteiger charge is 2.07. The molecule has 1 aromatic heterocycles. The number of rotatable bonds is 2. The molecular weight excluding hydrogens is 158 g/mol. The van der Waals surface area contributed by atoms with Crippen LogP contribution in [0.25, 0.3) is 0 Å². The number of H-pyrrole nitrogens is 2. The molecule has 5 nitrogen and oxygen atoms in total. The molecule has 66 valence electrons. The lowest BCUT2D eigenvalue weighted by molar-refractivity contribution is 0.0938. The first-order valence-electron chi connectivity index (χ1n) is 3.68. The van der Waals surface area contributed by atoms with Gasteiger partial charge in [-0.1, -0.05) is 0 Å². The van der Waals surface area contributed by atoms with Crippen LogP contribution in [0.5, 0.6) is 0 Å². The van der Waals surface area contributed by atoms with Crippen molar-refractivity contribution in [3.05, 3.63) is 22.1 Å². The predicted octanol–water partition coefficient (Wildman–Crippen LogP) is -0.159. The fourth-order valence-electron chi connectivity index (χ4n) is 0.794. The van der Waals surface area contributed by atoms with E-state index in [1.54, 1.807) is 0 Å². The first kappa shape index (κ1) is 8.58. The van der Waals surface area contributed by atoms with Crippen molar-refractivity contribution < 1.29 is 4.79 Å². The summed E-state index contributed by atoms with van der Waals surface area (Å²) in [4.78, 5) is 21.8. The Labute approximate surface area is 69.2 Å². The Morgan fingerprint density at radius 3 is 2.58 bits per heavy atom. The minimum absolute atomic E-state index is 0.0657. The molecule has 0 aliphatic carbocycles. The van der Waals surface area contributed by atoms with Crippen LogP contribution in [0, 0.1) is 0 Å². The minimum Gasteiger partial charge on any atom is -0.349 e. The highest BCUT2D eigenvalue weighted by Crippen LogP contribution is 1.88. The van der Waals surface area contributed by atoms with Gasteiger partial charge in [0, 0.05) is 12.1 Å². The molecule has 5 heteroatoms. The maximum absolute atomic E-state index is 11.2. The van der Waals surface area contributed by atoms with Crippen molar-refractivity contribution in [1.82, 2.24) is 15.5 Å². The summed E-state index contributed by atoms with van der Waals surface area (Å²) in [5.41, 5.74) is -0.0439. The number of hydrogen-bond acceptors (Lipinski definition) is 2. The number of nitrogens with one attached hydrogen (secondary N) is 3. The Kier molecular flexibility index (Phi) is 2.32. The van der Waals surface area contributed by atoms with Gasteiger partial charge < -0.3 is 5.32 Å². The van der Waals surface area contributed by atoms with Crippen LogP contribution in [0.2, 0.25) is 0 Å². The third-order valence-corrected chi connectivity index (χ3v) is 1.26. The Hall–Kier alpha value is -1.52. The van der Waals surface area contributed by atoms with Crippen LogP contribution in [0.15, 0.2) is 10.9 Å². The maximum Gasteiger partial charge on any atom is 0.269 e. The van der Waals surface area contributed by atoms with Crippen LogP contribution in [-0.4, -0.2) is 22.1 Å². The molecule has 0 saturated heterocycles. The number of carbonyl (C=O) groups excluding carboxylic acids is 1. The Morgan fingerprint density at radius 1 is 1.50 bits per heavy atom. The summed E-state index contributed by atoms with van der Waals surface area (Å²) in [6.07, 6.45) is 0. The molecule has 0 aromatic carbocycles. The van der Waals surface area contributed by atoms with Crippen molar-refractivity contribution in [3.8, 4) is 0 Å². The minimum atomic E-state index is -0.302. The topological polar surface area (TPSA) is 77.8 Å². The molecule has 0 aliphatic rings. The average Bonchev–Trinajstić information content (AvgIpc) is 2.34. The molecule has 0 aliphatic heterocycles. The van der Waals surface area contributed by atoms with Crippen LogP contribution in [0.4, 0.5) is 0 Å². The summed E-state index contributed by atoms with van der Waals surface area (Å²) >= 11 is 0. The van der Waals surface area contributed by atoms with Gasteiger partial charge in [0.1, 0.15) is 5.69 Å². The van der Waals surface area contributed by atoms with Gasteiger partial charge in [-0.05, 0) is 13.8 Å². The van der Waals surface area contributed by atoms with Crippen LogP contribution in [0.1, 0.15) is 24.3 Å². The first-order chi connectivity index (χ1) is 5.59. The summed E-state index contributed by atoms with van der Waals surface area (Å²) < 4.78 is 0. The molecule has 12 heavy (non-hydrogen) atoms. The van der Waals surface area contributed by atoms with Crippen molar-refractivity contribution >= 4 is 5.91 Å². The fraction of sp³-hybridized carbons (Fsp3) is 0.429. The van der Waals surface area contributed by atoms with Gasteiger partial charge in [-0.3, -0.25) is 19.8 Å². The van der Waals surface area contributed by atoms with E-state index in [0.717, 1.165) is 0 Å². The van der Waals surface area contributed by atoms with E-state index in [2.05, 4.69) is 15.5 Å². The van der Waals surface area contributed by atoms with Crippen molar-refractivity contribution in [2.45, 2.75) is 19.9 Å². The fourth-order valence-corrected chi connectivity index (χ4v) is 0.794. The third-order valence-electron chi connectivity index (χ3n) is 1.26. The number of amides is 1. The molecule has 3 N–H and O–H groups in total. The number of aromatic amines is 2. The molecule has 0 unspecified atom stereocenters. The number of aromatic nitrogens is 2. The zero-order chi connectivity index (χ0) is 9.14. The summed E-state index contributed by atoms with van der Waals surface area (Å²) in [5, 5.41) is 7.39. The number of hydrogen-bond donors (Lipinski definition) is 3. The highest BCUT2D eigenvalue weighted by atomic mass is 16.2. The van der Waals surface area contributed by atoms with Gasteiger partial charge in [0.15, 0.2) is 0 Å².